The standard InChI is InChI=1S/C18H18FN5O2/c1-23-11-20-22-17(23)15-3-2-8-24(15)16(25)9-14-10-26-18(21-14)12-4-6-13(19)7-5-12/h4-7,10-11,15H,2-3,8-9H2,1H3. The van der Waals surface area contributed by atoms with E-state index in [0.717, 1.165) is 18.7 Å². The van der Waals surface area contributed by atoms with E-state index in [1.165, 1.54) is 18.4 Å². The molecule has 0 radical (unpaired) electrons. The number of likely N-dealkylation sites (tertiary alicyclic amines) is 1. The van der Waals surface area contributed by atoms with Crippen LogP contribution >= 0.6 is 0 Å². The molecule has 7 nitrogen and oxygen atoms in total. The number of carbonyl (C=O) groups excluding carboxylic acids is 1. The molecular formula is C18H18FN5O2. The first kappa shape index (κ1) is 16.4. The highest BCUT2D eigenvalue weighted by molar-refractivity contribution is 5.79. The lowest BCUT2D eigenvalue weighted by Gasteiger charge is -2.23. The Morgan fingerprint density at radius 3 is 2.88 bits per heavy atom. The molecular weight excluding hydrogens is 337 g/mol. The summed E-state index contributed by atoms with van der Waals surface area (Å²) in [4.78, 5) is 18.9. The summed E-state index contributed by atoms with van der Waals surface area (Å²) in [5.41, 5.74) is 1.22. The molecule has 2 aromatic heterocycles. The molecule has 3 heterocycles. The van der Waals surface area contributed by atoms with E-state index in [0.29, 0.717) is 23.7 Å². The normalized spacial score (nSPS) is 17.0. The molecule has 1 aliphatic heterocycles. The van der Waals surface area contributed by atoms with E-state index in [1.807, 2.05) is 16.5 Å². The van der Waals surface area contributed by atoms with Crippen molar-refractivity contribution in [1.82, 2.24) is 24.6 Å². The number of oxazole rings is 1. The van der Waals surface area contributed by atoms with Crippen molar-refractivity contribution in [2.75, 3.05) is 6.54 Å². The van der Waals surface area contributed by atoms with E-state index >= 15 is 0 Å². The molecule has 1 unspecified atom stereocenters. The maximum absolute atomic E-state index is 13.0. The molecule has 0 spiro atoms. The van der Waals surface area contributed by atoms with Crippen LogP contribution in [0.4, 0.5) is 4.39 Å². The fraction of sp³-hybridized carbons (Fsp3) is 0.333. The highest BCUT2D eigenvalue weighted by Gasteiger charge is 2.33. The molecule has 26 heavy (non-hydrogen) atoms. The average Bonchev–Trinajstić information content (AvgIpc) is 3.35. The van der Waals surface area contributed by atoms with Crippen LogP contribution in [0.2, 0.25) is 0 Å². The van der Waals surface area contributed by atoms with Gasteiger partial charge in [-0.25, -0.2) is 9.37 Å². The number of amides is 1. The molecule has 1 amide bonds. The van der Waals surface area contributed by atoms with Gasteiger partial charge in [0, 0.05) is 19.2 Å². The van der Waals surface area contributed by atoms with Crippen LogP contribution in [-0.2, 0) is 18.3 Å². The summed E-state index contributed by atoms with van der Waals surface area (Å²) in [6.45, 7) is 0.693. The molecule has 1 aliphatic rings. The summed E-state index contributed by atoms with van der Waals surface area (Å²) in [5, 5.41) is 8.05. The summed E-state index contributed by atoms with van der Waals surface area (Å²) >= 11 is 0. The van der Waals surface area contributed by atoms with Gasteiger partial charge in [0.2, 0.25) is 11.8 Å². The Morgan fingerprint density at radius 2 is 2.15 bits per heavy atom. The summed E-state index contributed by atoms with van der Waals surface area (Å²) in [6, 6.07) is 5.83. The minimum absolute atomic E-state index is 0.0190. The molecule has 3 aromatic rings. The van der Waals surface area contributed by atoms with Gasteiger partial charge in [0.1, 0.15) is 18.4 Å². The first-order chi connectivity index (χ1) is 12.6. The van der Waals surface area contributed by atoms with Gasteiger partial charge in [-0.2, -0.15) is 0 Å². The summed E-state index contributed by atoms with van der Waals surface area (Å²) in [6.07, 6.45) is 5.08. The number of hydrogen-bond acceptors (Lipinski definition) is 5. The zero-order chi connectivity index (χ0) is 18.1. The molecule has 8 heteroatoms. The number of aryl methyl sites for hydroxylation is 1. The van der Waals surface area contributed by atoms with E-state index in [9.17, 15) is 9.18 Å². The van der Waals surface area contributed by atoms with Crippen molar-refractivity contribution in [2.45, 2.75) is 25.3 Å². The number of aromatic nitrogens is 4. The third-order valence-corrected chi connectivity index (χ3v) is 4.59. The first-order valence-corrected chi connectivity index (χ1v) is 8.45. The molecule has 0 N–H and O–H groups in total. The van der Waals surface area contributed by atoms with Gasteiger partial charge >= 0.3 is 0 Å². The van der Waals surface area contributed by atoms with Gasteiger partial charge in [-0.1, -0.05) is 0 Å². The molecule has 0 aliphatic carbocycles. The van der Waals surface area contributed by atoms with E-state index in [1.54, 1.807) is 18.5 Å². The van der Waals surface area contributed by atoms with Crippen molar-refractivity contribution >= 4 is 5.91 Å². The number of rotatable bonds is 4. The van der Waals surface area contributed by atoms with Crippen molar-refractivity contribution in [3.63, 3.8) is 0 Å². The van der Waals surface area contributed by atoms with Crippen molar-refractivity contribution in [2.24, 2.45) is 7.05 Å². The Kier molecular flexibility index (Phi) is 4.24. The predicted molar refractivity (Wildman–Crippen MR) is 90.3 cm³/mol. The lowest BCUT2D eigenvalue weighted by Crippen LogP contribution is -2.33. The molecule has 1 saturated heterocycles. The van der Waals surface area contributed by atoms with E-state index in [-0.39, 0.29) is 24.2 Å². The smallest absolute Gasteiger partial charge is 0.229 e. The number of halogens is 1. The van der Waals surface area contributed by atoms with E-state index in [2.05, 4.69) is 15.2 Å². The lowest BCUT2D eigenvalue weighted by molar-refractivity contribution is -0.131. The third-order valence-electron chi connectivity index (χ3n) is 4.59. The predicted octanol–water partition coefficient (Wildman–Crippen LogP) is 2.52. The monoisotopic (exact) mass is 355 g/mol. The van der Waals surface area contributed by atoms with E-state index < -0.39 is 0 Å². The number of hydrogen-bond donors (Lipinski definition) is 0. The van der Waals surface area contributed by atoms with Gasteiger partial charge in [0.15, 0.2) is 5.82 Å². The van der Waals surface area contributed by atoms with Crippen molar-refractivity contribution in [3.05, 3.63) is 54.2 Å². The second kappa shape index (κ2) is 6.70. The Morgan fingerprint density at radius 1 is 1.35 bits per heavy atom. The Hall–Kier alpha value is -3.03. The maximum atomic E-state index is 13.0. The van der Waals surface area contributed by atoms with Crippen LogP contribution in [0.3, 0.4) is 0 Å². The minimum Gasteiger partial charge on any atom is -0.444 e. The van der Waals surface area contributed by atoms with Crippen molar-refractivity contribution in [3.8, 4) is 11.5 Å². The Labute approximate surface area is 149 Å². The van der Waals surface area contributed by atoms with Gasteiger partial charge in [0.25, 0.3) is 0 Å². The van der Waals surface area contributed by atoms with Crippen LogP contribution in [0, 0.1) is 5.82 Å². The van der Waals surface area contributed by atoms with Crippen LogP contribution in [0.5, 0.6) is 0 Å². The van der Waals surface area contributed by atoms with Gasteiger partial charge < -0.3 is 13.9 Å². The first-order valence-electron chi connectivity index (χ1n) is 8.45. The number of carbonyl (C=O) groups is 1. The number of nitrogens with zero attached hydrogens (tertiary/aromatic N) is 5. The van der Waals surface area contributed by atoms with Crippen molar-refractivity contribution < 1.29 is 13.6 Å². The fourth-order valence-corrected chi connectivity index (χ4v) is 3.30. The summed E-state index contributed by atoms with van der Waals surface area (Å²) in [5.74, 6) is 0.830. The summed E-state index contributed by atoms with van der Waals surface area (Å²) in [7, 11) is 1.88. The Balaban J connectivity index is 1.48. The third kappa shape index (κ3) is 3.10. The zero-order valence-corrected chi connectivity index (χ0v) is 14.3. The molecule has 134 valence electrons. The van der Waals surface area contributed by atoms with Gasteiger partial charge in [-0.3, -0.25) is 4.79 Å². The average molecular weight is 355 g/mol. The molecule has 1 fully saturated rings. The highest BCUT2D eigenvalue weighted by atomic mass is 19.1. The molecule has 1 aromatic carbocycles. The molecule has 1 atom stereocenters. The van der Waals surface area contributed by atoms with Crippen LogP contribution < -0.4 is 0 Å². The molecule has 0 bridgehead atoms. The number of benzene rings is 1. The lowest BCUT2D eigenvalue weighted by atomic mass is 10.2. The zero-order valence-electron chi connectivity index (χ0n) is 14.3. The van der Waals surface area contributed by atoms with Crippen molar-refractivity contribution in [1.29, 1.82) is 0 Å². The van der Waals surface area contributed by atoms with Crippen LogP contribution in [0.25, 0.3) is 11.5 Å². The Bertz CT molecular complexity index is 918. The van der Waals surface area contributed by atoms with Gasteiger partial charge in [0.05, 0.1) is 18.2 Å². The van der Waals surface area contributed by atoms with Crippen LogP contribution in [0.1, 0.15) is 30.4 Å². The van der Waals surface area contributed by atoms with Gasteiger partial charge in [-0.05, 0) is 37.1 Å². The van der Waals surface area contributed by atoms with E-state index in [4.69, 9.17) is 4.42 Å². The second-order valence-electron chi connectivity index (χ2n) is 6.37. The highest BCUT2D eigenvalue weighted by Crippen LogP contribution is 2.31. The van der Waals surface area contributed by atoms with Crippen LogP contribution in [-0.4, -0.2) is 37.1 Å². The topological polar surface area (TPSA) is 77.0 Å². The largest absolute Gasteiger partial charge is 0.444 e. The molecule has 0 saturated carbocycles. The second-order valence-corrected chi connectivity index (χ2v) is 6.37. The van der Waals surface area contributed by atoms with Crippen LogP contribution in [0.15, 0.2) is 41.3 Å². The fourth-order valence-electron chi connectivity index (χ4n) is 3.30. The van der Waals surface area contributed by atoms with Gasteiger partial charge in [-0.15, -0.1) is 10.2 Å². The molecule has 4 rings (SSSR count). The maximum Gasteiger partial charge on any atom is 0.229 e. The quantitative estimate of drug-likeness (QED) is 0.719. The SMILES string of the molecule is Cn1cnnc1C1CCCN1C(=O)Cc1coc(-c2ccc(F)cc2)n1. The summed E-state index contributed by atoms with van der Waals surface area (Å²) < 4.78 is 20.3. The minimum atomic E-state index is -0.320.